The summed E-state index contributed by atoms with van der Waals surface area (Å²) in [5.41, 5.74) is 0.228. The van der Waals surface area contributed by atoms with Crippen LogP contribution in [0.25, 0.3) is 11.5 Å². The van der Waals surface area contributed by atoms with Crippen LogP contribution in [0.4, 0.5) is 0 Å². The fourth-order valence-corrected chi connectivity index (χ4v) is 2.11. The van der Waals surface area contributed by atoms with Gasteiger partial charge in [-0.3, -0.25) is 4.79 Å². The highest BCUT2D eigenvalue weighted by Crippen LogP contribution is 2.26. The Labute approximate surface area is 109 Å². The maximum atomic E-state index is 11.8. The van der Waals surface area contributed by atoms with Crippen LogP contribution in [0.5, 0.6) is 0 Å². The van der Waals surface area contributed by atoms with E-state index in [0.717, 1.165) is 12.8 Å². The van der Waals surface area contributed by atoms with Crippen LogP contribution in [-0.2, 0) is 0 Å². The molecule has 1 fully saturated rings. The Balaban J connectivity index is 1.58. The Kier molecular flexibility index (Phi) is 3.08. The normalized spacial score (nSPS) is 21.9. The molecule has 1 saturated carbocycles. The SMILES string of the molecule is O=C(NCC1CC(O)C1)c1cc(-c2ccco2)on1. The quantitative estimate of drug-likeness (QED) is 0.870. The van der Waals surface area contributed by atoms with Gasteiger partial charge in [0, 0.05) is 12.6 Å². The first-order chi connectivity index (χ1) is 9.22. The van der Waals surface area contributed by atoms with Crippen molar-refractivity contribution in [1.82, 2.24) is 10.5 Å². The van der Waals surface area contributed by atoms with Gasteiger partial charge in [0.2, 0.25) is 5.76 Å². The topological polar surface area (TPSA) is 88.5 Å². The number of rotatable bonds is 4. The average molecular weight is 262 g/mol. The van der Waals surface area contributed by atoms with Gasteiger partial charge in [-0.25, -0.2) is 0 Å². The number of aromatic nitrogens is 1. The van der Waals surface area contributed by atoms with Crippen LogP contribution < -0.4 is 5.32 Å². The Morgan fingerprint density at radius 1 is 1.47 bits per heavy atom. The summed E-state index contributed by atoms with van der Waals surface area (Å²) >= 11 is 0. The Bertz CT molecular complexity index is 555. The van der Waals surface area contributed by atoms with Gasteiger partial charge in [0.05, 0.1) is 12.4 Å². The highest BCUT2D eigenvalue weighted by Gasteiger charge is 2.27. The summed E-state index contributed by atoms with van der Waals surface area (Å²) in [6.45, 7) is 0.554. The number of carbonyl (C=O) groups excluding carboxylic acids is 1. The molecule has 6 nitrogen and oxygen atoms in total. The zero-order valence-electron chi connectivity index (χ0n) is 10.2. The van der Waals surface area contributed by atoms with E-state index < -0.39 is 0 Å². The standard InChI is InChI=1S/C13H14N2O4/c16-9-4-8(5-9)7-14-13(17)10-6-12(19-15-10)11-2-1-3-18-11/h1-3,6,8-9,16H,4-5,7H2,(H,14,17). The van der Waals surface area contributed by atoms with Gasteiger partial charge in [-0.05, 0) is 30.9 Å². The van der Waals surface area contributed by atoms with Crippen LogP contribution in [-0.4, -0.2) is 28.8 Å². The summed E-state index contributed by atoms with van der Waals surface area (Å²) in [6.07, 6.45) is 2.81. The predicted octanol–water partition coefficient (Wildman–Crippen LogP) is 1.44. The first-order valence-corrected chi connectivity index (χ1v) is 6.19. The summed E-state index contributed by atoms with van der Waals surface area (Å²) in [5, 5.41) is 15.6. The van der Waals surface area contributed by atoms with Gasteiger partial charge in [-0.1, -0.05) is 5.16 Å². The van der Waals surface area contributed by atoms with Gasteiger partial charge < -0.3 is 19.4 Å². The second-order valence-electron chi connectivity index (χ2n) is 4.75. The van der Waals surface area contributed by atoms with Crippen LogP contribution in [0, 0.1) is 5.92 Å². The molecule has 1 amide bonds. The van der Waals surface area contributed by atoms with Crippen LogP contribution in [0.2, 0.25) is 0 Å². The van der Waals surface area contributed by atoms with Gasteiger partial charge in [0.15, 0.2) is 11.5 Å². The van der Waals surface area contributed by atoms with E-state index in [2.05, 4.69) is 10.5 Å². The zero-order chi connectivity index (χ0) is 13.2. The molecule has 0 unspecified atom stereocenters. The van der Waals surface area contributed by atoms with Crippen molar-refractivity contribution in [1.29, 1.82) is 0 Å². The highest BCUT2D eigenvalue weighted by atomic mass is 16.5. The van der Waals surface area contributed by atoms with Crippen molar-refractivity contribution in [2.75, 3.05) is 6.54 Å². The molecule has 0 radical (unpaired) electrons. The minimum absolute atomic E-state index is 0.209. The molecule has 3 rings (SSSR count). The molecule has 2 aromatic heterocycles. The molecule has 1 aliphatic carbocycles. The molecule has 0 spiro atoms. The monoisotopic (exact) mass is 262 g/mol. The number of amides is 1. The molecule has 100 valence electrons. The first-order valence-electron chi connectivity index (χ1n) is 6.19. The zero-order valence-corrected chi connectivity index (χ0v) is 10.2. The third-order valence-electron chi connectivity index (χ3n) is 3.27. The fraction of sp³-hybridized carbons (Fsp3) is 0.385. The second-order valence-corrected chi connectivity index (χ2v) is 4.75. The minimum atomic E-state index is -0.275. The molecule has 2 aromatic rings. The van der Waals surface area contributed by atoms with Crippen molar-refractivity contribution in [3.05, 3.63) is 30.2 Å². The highest BCUT2D eigenvalue weighted by molar-refractivity contribution is 5.92. The molecule has 0 saturated heterocycles. The lowest BCUT2D eigenvalue weighted by Gasteiger charge is -2.31. The van der Waals surface area contributed by atoms with E-state index in [1.54, 1.807) is 18.2 Å². The minimum Gasteiger partial charge on any atom is -0.461 e. The summed E-state index contributed by atoms with van der Waals surface area (Å²) in [6, 6.07) is 5.02. The molecule has 0 bridgehead atoms. The van der Waals surface area contributed by atoms with Gasteiger partial charge in [-0.2, -0.15) is 0 Å². The molecule has 19 heavy (non-hydrogen) atoms. The van der Waals surface area contributed by atoms with Crippen molar-refractivity contribution >= 4 is 5.91 Å². The molecule has 0 atom stereocenters. The van der Waals surface area contributed by atoms with Crippen LogP contribution in [0.1, 0.15) is 23.3 Å². The molecular weight excluding hydrogens is 248 g/mol. The smallest absolute Gasteiger partial charge is 0.273 e. The van der Waals surface area contributed by atoms with Gasteiger partial charge in [-0.15, -0.1) is 0 Å². The van der Waals surface area contributed by atoms with E-state index in [1.165, 1.54) is 6.26 Å². The Morgan fingerprint density at radius 3 is 3.00 bits per heavy atom. The molecule has 1 aliphatic rings. The molecule has 6 heteroatoms. The summed E-state index contributed by atoms with van der Waals surface area (Å²) in [5.74, 6) is 1.04. The lowest BCUT2D eigenvalue weighted by molar-refractivity contribution is 0.0419. The third kappa shape index (κ3) is 2.53. The van der Waals surface area contributed by atoms with Gasteiger partial charge >= 0.3 is 0 Å². The Hall–Kier alpha value is -2.08. The van der Waals surface area contributed by atoms with E-state index >= 15 is 0 Å². The number of aliphatic hydroxyl groups excluding tert-OH is 1. The van der Waals surface area contributed by atoms with Crippen molar-refractivity contribution < 1.29 is 18.8 Å². The molecular formula is C13H14N2O4. The number of carbonyl (C=O) groups is 1. The lowest BCUT2D eigenvalue weighted by Crippen LogP contribution is -2.38. The van der Waals surface area contributed by atoms with E-state index in [1.807, 2.05) is 0 Å². The number of hydrogen-bond donors (Lipinski definition) is 2. The van der Waals surface area contributed by atoms with Gasteiger partial charge in [0.1, 0.15) is 0 Å². The summed E-state index contributed by atoms with van der Waals surface area (Å²) in [7, 11) is 0. The molecule has 2 heterocycles. The third-order valence-corrected chi connectivity index (χ3v) is 3.27. The van der Waals surface area contributed by atoms with E-state index in [-0.39, 0.29) is 17.7 Å². The fourth-order valence-electron chi connectivity index (χ4n) is 2.11. The Morgan fingerprint density at radius 2 is 2.32 bits per heavy atom. The lowest BCUT2D eigenvalue weighted by atomic mass is 9.82. The van der Waals surface area contributed by atoms with Crippen molar-refractivity contribution in [2.45, 2.75) is 18.9 Å². The number of nitrogens with one attached hydrogen (secondary N) is 1. The largest absolute Gasteiger partial charge is 0.461 e. The van der Waals surface area contributed by atoms with E-state index in [9.17, 15) is 4.79 Å². The first kappa shape index (κ1) is 12.0. The maximum absolute atomic E-state index is 11.8. The molecule has 0 aromatic carbocycles. The van der Waals surface area contributed by atoms with Crippen molar-refractivity contribution in [2.24, 2.45) is 5.92 Å². The van der Waals surface area contributed by atoms with Gasteiger partial charge in [0.25, 0.3) is 5.91 Å². The number of hydrogen-bond acceptors (Lipinski definition) is 5. The van der Waals surface area contributed by atoms with E-state index in [4.69, 9.17) is 14.0 Å². The summed E-state index contributed by atoms with van der Waals surface area (Å²) in [4.78, 5) is 11.8. The van der Waals surface area contributed by atoms with Crippen LogP contribution >= 0.6 is 0 Å². The molecule has 2 N–H and O–H groups in total. The van der Waals surface area contributed by atoms with Crippen molar-refractivity contribution in [3.8, 4) is 11.5 Å². The van der Waals surface area contributed by atoms with Crippen LogP contribution in [0.3, 0.4) is 0 Å². The van der Waals surface area contributed by atoms with Crippen molar-refractivity contribution in [3.63, 3.8) is 0 Å². The molecule has 0 aliphatic heterocycles. The average Bonchev–Trinajstić information content (AvgIpc) is 3.01. The van der Waals surface area contributed by atoms with E-state index in [0.29, 0.717) is 24.0 Å². The second kappa shape index (κ2) is 4.89. The summed E-state index contributed by atoms with van der Waals surface area (Å²) < 4.78 is 10.2. The van der Waals surface area contributed by atoms with Crippen LogP contribution in [0.15, 0.2) is 33.4 Å². The maximum Gasteiger partial charge on any atom is 0.273 e. The number of furan rings is 1. The number of nitrogens with zero attached hydrogens (tertiary/aromatic N) is 1. The predicted molar refractivity (Wildman–Crippen MR) is 65.3 cm³/mol. The number of aliphatic hydroxyl groups is 1.